The summed E-state index contributed by atoms with van der Waals surface area (Å²) in [5, 5.41) is 2.60. The summed E-state index contributed by atoms with van der Waals surface area (Å²) >= 11 is 0. The van der Waals surface area contributed by atoms with Gasteiger partial charge in [-0.25, -0.2) is 0 Å². The monoisotopic (exact) mass is 395 g/mol. The van der Waals surface area contributed by atoms with Crippen molar-refractivity contribution in [2.45, 2.75) is 6.42 Å². The summed E-state index contributed by atoms with van der Waals surface area (Å²) in [6, 6.07) is 7.29. The molecule has 1 N–H and O–H groups in total. The lowest BCUT2D eigenvalue weighted by atomic mass is 10.1. The van der Waals surface area contributed by atoms with Gasteiger partial charge in [-0.05, 0) is 42.2 Å². The summed E-state index contributed by atoms with van der Waals surface area (Å²) in [7, 11) is 0. The molecule has 6 heteroatoms. The molecule has 0 bridgehead atoms. The predicted molar refractivity (Wildman–Crippen MR) is 115 cm³/mol. The number of allylic oxidation sites excluding steroid dienone is 4. The number of rotatable bonds is 10. The average Bonchev–Trinajstić information content (AvgIpc) is 3.54. The van der Waals surface area contributed by atoms with Gasteiger partial charge in [0.1, 0.15) is 12.4 Å². The van der Waals surface area contributed by atoms with E-state index in [1.54, 1.807) is 18.2 Å². The third-order valence-electron chi connectivity index (χ3n) is 5.52. The van der Waals surface area contributed by atoms with E-state index in [0.717, 1.165) is 56.2 Å². The molecule has 2 atom stereocenters. The van der Waals surface area contributed by atoms with Crippen LogP contribution in [-0.4, -0.2) is 61.4 Å². The highest BCUT2D eigenvalue weighted by atomic mass is 16.5. The van der Waals surface area contributed by atoms with Gasteiger partial charge < -0.3 is 15.0 Å². The van der Waals surface area contributed by atoms with Crippen molar-refractivity contribution in [2.75, 3.05) is 44.6 Å². The fraction of sp³-hybridized carbons (Fsp3) is 0.391. The minimum absolute atomic E-state index is 0.103. The van der Waals surface area contributed by atoms with E-state index in [1.807, 2.05) is 29.2 Å². The molecule has 2 aliphatic rings. The molecule has 3 rings (SSSR count). The minimum Gasteiger partial charge on any atom is -0.492 e. The number of carbonyl (C=O) groups excluding carboxylic acids is 2. The third kappa shape index (κ3) is 5.57. The number of ether oxygens (including phenoxy) is 1. The van der Waals surface area contributed by atoms with E-state index in [2.05, 4.69) is 23.4 Å². The van der Waals surface area contributed by atoms with Crippen molar-refractivity contribution in [1.29, 1.82) is 0 Å². The van der Waals surface area contributed by atoms with Crippen molar-refractivity contribution >= 4 is 18.0 Å². The predicted octanol–water partition coefficient (Wildman–Crippen LogP) is 2.71. The zero-order chi connectivity index (χ0) is 20.6. The van der Waals surface area contributed by atoms with Gasteiger partial charge in [-0.15, -0.1) is 0 Å². The number of carbonyl (C=O) groups is 2. The van der Waals surface area contributed by atoms with Crippen LogP contribution >= 0.6 is 0 Å². The van der Waals surface area contributed by atoms with Crippen LogP contribution in [0.4, 0.5) is 5.69 Å². The van der Waals surface area contributed by atoms with Gasteiger partial charge in [0.2, 0.25) is 12.3 Å². The van der Waals surface area contributed by atoms with E-state index < -0.39 is 0 Å². The van der Waals surface area contributed by atoms with Crippen molar-refractivity contribution in [1.82, 2.24) is 9.80 Å². The van der Waals surface area contributed by atoms with Crippen LogP contribution in [0.5, 0.6) is 5.75 Å². The molecule has 0 radical (unpaired) electrons. The van der Waals surface area contributed by atoms with Gasteiger partial charge in [0.05, 0.1) is 0 Å². The first-order valence-corrected chi connectivity index (χ1v) is 10.1. The van der Waals surface area contributed by atoms with E-state index in [-0.39, 0.29) is 11.8 Å². The quantitative estimate of drug-likeness (QED) is 0.489. The lowest BCUT2D eigenvalue weighted by Crippen LogP contribution is -2.50. The maximum atomic E-state index is 12.7. The number of hydrogen-bond donors (Lipinski definition) is 1. The van der Waals surface area contributed by atoms with Crippen LogP contribution in [0.25, 0.3) is 0 Å². The largest absolute Gasteiger partial charge is 0.492 e. The number of anilines is 1. The Labute approximate surface area is 172 Å². The minimum atomic E-state index is 0.103. The van der Waals surface area contributed by atoms with Crippen LogP contribution in [0.15, 0.2) is 61.2 Å². The van der Waals surface area contributed by atoms with E-state index in [1.165, 1.54) is 0 Å². The molecule has 1 saturated heterocycles. The van der Waals surface area contributed by atoms with Crippen molar-refractivity contribution in [3.63, 3.8) is 0 Å². The summed E-state index contributed by atoms with van der Waals surface area (Å²) in [4.78, 5) is 27.5. The average molecular weight is 396 g/mol. The smallest absolute Gasteiger partial charge is 0.226 e. The highest BCUT2D eigenvalue weighted by Gasteiger charge is 2.46. The molecular formula is C23H29N3O3. The molecule has 0 unspecified atom stereocenters. The maximum Gasteiger partial charge on any atom is 0.226 e. The molecule has 1 aliphatic carbocycles. The fourth-order valence-electron chi connectivity index (χ4n) is 3.75. The molecule has 1 aliphatic heterocycles. The van der Waals surface area contributed by atoms with E-state index in [9.17, 15) is 9.59 Å². The zero-order valence-corrected chi connectivity index (χ0v) is 16.8. The molecule has 0 aromatic heterocycles. The first-order chi connectivity index (χ1) is 14.2. The van der Waals surface area contributed by atoms with Crippen molar-refractivity contribution in [2.24, 2.45) is 11.8 Å². The fourth-order valence-corrected chi connectivity index (χ4v) is 3.75. The van der Waals surface area contributed by atoms with Crippen LogP contribution in [0.2, 0.25) is 0 Å². The number of benzene rings is 1. The Morgan fingerprint density at radius 3 is 2.48 bits per heavy atom. The van der Waals surface area contributed by atoms with Gasteiger partial charge in [0, 0.05) is 44.3 Å². The summed E-state index contributed by atoms with van der Waals surface area (Å²) in [5.41, 5.74) is 1.86. The second-order valence-corrected chi connectivity index (χ2v) is 7.36. The van der Waals surface area contributed by atoms with E-state index >= 15 is 0 Å². The highest BCUT2D eigenvalue weighted by Crippen LogP contribution is 2.45. The van der Waals surface area contributed by atoms with Gasteiger partial charge in [0.25, 0.3) is 0 Å². The van der Waals surface area contributed by atoms with Gasteiger partial charge in [-0.3, -0.25) is 14.5 Å². The summed E-state index contributed by atoms with van der Waals surface area (Å²) in [5.74, 6) is 1.45. The molecule has 1 aromatic carbocycles. The van der Waals surface area contributed by atoms with Gasteiger partial charge in [-0.1, -0.05) is 31.4 Å². The molecule has 2 amide bonds. The van der Waals surface area contributed by atoms with Crippen LogP contribution in [0.1, 0.15) is 6.42 Å². The second-order valence-electron chi connectivity index (χ2n) is 7.36. The van der Waals surface area contributed by atoms with Crippen LogP contribution in [0, 0.1) is 11.8 Å². The number of amides is 2. The Bertz CT molecular complexity index is 764. The topological polar surface area (TPSA) is 61.9 Å². The summed E-state index contributed by atoms with van der Waals surface area (Å²) in [6.07, 6.45) is 7.12. The summed E-state index contributed by atoms with van der Waals surface area (Å²) < 4.78 is 5.78. The SMILES string of the molecule is C=C/C=C(\C=C)[C@@H]1C[C@H]1C(=O)N1CCN(CCOc2ccc(NC=O)cc2)CC1. The molecule has 6 nitrogen and oxygen atoms in total. The van der Waals surface area contributed by atoms with Gasteiger partial charge >= 0.3 is 0 Å². The van der Waals surface area contributed by atoms with Crippen LogP contribution in [0.3, 0.4) is 0 Å². The molecule has 1 saturated carbocycles. The molecule has 0 spiro atoms. The van der Waals surface area contributed by atoms with Crippen molar-refractivity contribution < 1.29 is 14.3 Å². The third-order valence-corrected chi connectivity index (χ3v) is 5.52. The first kappa shape index (κ1) is 20.9. The number of nitrogens with zero attached hydrogens (tertiary/aromatic N) is 2. The Hall–Kier alpha value is -2.86. The molecular weight excluding hydrogens is 366 g/mol. The van der Waals surface area contributed by atoms with Gasteiger partial charge in [-0.2, -0.15) is 0 Å². The zero-order valence-electron chi connectivity index (χ0n) is 16.8. The van der Waals surface area contributed by atoms with Crippen LogP contribution in [-0.2, 0) is 9.59 Å². The molecule has 1 heterocycles. The van der Waals surface area contributed by atoms with Crippen molar-refractivity contribution in [3.05, 3.63) is 61.2 Å². The van der Waals surface area contributed by atoms with E-state index in [0.29, 0.717) is 18.9 Å². The lowest BCUT2D eigenvalue weighted by molar-refractivity contribution is -0.134. The normalized spacial score (nSPS) is 21.9. The van der Waals surface area contributed by atoms with Crippen molar-refractivity contribution in [3.8, 4) is 5.75 Å². The molecule has 2 fully saturated rings. The highest BCUT2D eigenvalue weighted by molar-refractivity contribution is 5.82. The number of nitrogens with one attached hydrogen (secondary N) is 1. The molecule has 29 heavy (non-hydrogen) atoms. The maximum absolute atomic E-state index is 12.7. The van der Waals surface area contributed by atoms with Gasteiger partial charge in [0.15, 0.2) is 0 Å². The molecule has 154 valence electrons. The lowest BCUT2D eigenvalue weighted by Gasteiger charge is -2.34. The Balaban J connectivity index is 1.37. The Kier molecular flexibility index (Phi) is 7.25. The number of hydrogen-bond acceptors (Lipinski definition) is 4. The van der Waals surface area contributed by atoms with E-state index in [4.69, 9.17) is 4.74 Å². The summed E-state index contributed by atoms with van der Waals surface area (Å²) in [6.45, 7) is 12.3. The second kappa shape index (κ2) is 10.1. The number of piperazine rings is 1. The van der Waals surface area contributed by atoms with Crippen LogP contribution < -0.4 is 10.1 Å². The Morgan fingerprint density at radius 1 is 1.14 bits per heavy atom. The first-order valence-electron chi connectivity index (χ1n) is 10.1. The Morgan fingerprint density at radius 2 is 1.86 bits per heavy atom. The molecule has 1 aromatic rings. The standard InChI is InChI=1S/C23H29N3O3/c1-3-5-18(4-2)21-16-22(21)23(28)26-12-10-25(11-13-26)14-15-29-20-8-6-19(7-9-20)24-17-27/h3-9,17,21-22H,1-2,10-16H2,(H,24,27)/b18-5+/t21-,22+/m0/s1.